The molecule has 3 heteroatoms. The molecule has 0 saturated heterocycles. The van der Waals surface area contributed by atoms with E-state index in [-0.39, 0.29) is 0 Å². The summed E-state index contributed by atoms with van der Waals surface area (Å²) in [6.07, 6.45) is 0. The van der Waals surface area contributed by atoms with Crippen LogP contribution in [0.2, 0.25) is 0 Å². The molecule has 1 heterocycles. The van der Waals surface area contributed by atoms with Gasteiger partial charge in [0.25, 0.3) is 0 Å². The Hall–Kier alpha value is -3.74. The Bertz CT molecular complexity index is 1310. The molecule has 30 heavy (non-hydrogen) atoms. The Labute approximate surface area is 178 Å². The van der Waals surface area contributed by atoms with E-state index < -0.39 is 16.9 Å². The summed E-state index contributed by atoms with van der Waals surface area (Å²) < 4.78 is 0. The molecule has 0 spiro atoms. The summed E-state index contributed by atoms with van der Waals surface area (Å²) in [6, 6.07) is 33.9. The number of hydrogen-bond acceptors (Lipinski definition) is 1. The highest BCUT2D eigenvalue weighted by atomic mass is 32.2. The van der Waals surface area contributed by atoms with Gasteiger partial charge in [0.15, 0.2) is 0 Å². The van der Waals surface area contributed by atoms with Gasteiger partial charge in [0.05, 0.1) is 0 Å². The van der Waals surface area contributed by atoms with Gasteiger partial charge in [-0.05, 0) is 63.5 Å². The predicted molar refractivity (Wildman–Crippen MR) is 122 cm³/mol. The van der Waals surface area contributed by atoms with Crippen molar-refractivity contribution in [2.75, 3.05) is 0 Å². The van der Waals surface area contributed by atoms with Crippen molar-refractivity contribution in [3.05, 3.63) is 103 Å². The third kappa shape index (κ3) is 3.28. The number of carboxylic acid groups (broad SMARTS) is 1. The van der Waals surface area contributed by atoms with E-state index in [1.807, 2.05) is 24.3 Å². The van der Waals surface area contributed by atoms with Crippen LogP contribution in [0.25, 0.3) is 22.3 Å². The van der Waals surface area contributed by atoms with Crippen LogP contribution in [0.3, 0.4) is 0 Å². The summed E-state index contributed by atoms with van der Waals surface area (Å²) >= 11 is 0. The normalized spacial score (nSPS) is 14.9. The van der Waals surface area contributed by atoms with Crippen LogP contribution >= 0.6 is 10.9 Å². The van der Waals surface area contributed by atoms with Gasteiger partial charge in [0, 0.05) is 21.3 Å². The Balaban J connectivity index is 1.59. The van der Waals surface area contributed by atoms with Crippen molar-refractivity contribution < 1.29 is 9.90 Å². The van der Waals surface area contributed by atoms with Gasteiger partial charge in [-0.3, -0.25) is 0 Å². The number of thiol groups is 1. The Kier molecular flexibility index (Phi) is 4.63. The Morgan fingerprint density at radius 2 is 1.37 bits per heavy atom. The van der Waals surface area contributed by atoms with Crippen molar-refractivity contribution in [1.82, 2.24) is 0 Å². The number of carbonyl (C=O) groups is 1. The summed E-state index contributed by atoms with van der Waals surface area (Å²) in [6.45, 7) is 0. The maximum Gasteiger partial charge on any atom is 0.382 e. The summed E-state index contributed by atoms with van der Waals surface area (Å²) in [5.41, 5.74) is 5.59. The molecule has 1 aliphatic rings. The fourth-order valence-corrected chi connectivity index (χ4v) is 6.54. The summed E-state index contributed by atoms with van der Waals surface area (Å²) in [5.74, 6) is 3.70. The minimum Gasteiger partial charge on any atom is -0.472 e. The number of rotatable bonds is 2. The minimum atomic E-state index is -1.12. The van der Waals surface area contributed by atoms with Gasteiger partial charge < -0.3 is 5.11 Å². The first-order valence-electron chi connectivity index (χ1n) is 9.65. The summed E-state index contributed by atoms with van der Waals surface area (Å²) in [4.78, 5) is 14.8. The second-order valence-corrected chi connectivity index (χ2v) is 9.20. The van der Waals surface area contributed by atoms with Crippen molar-refractivity contribution >= 4 is 16.9 Å². The van der Waals surface area contributed by atoms with E-state index in [2.05, 4.69) is 84.6 Å². The molecule has 144 valence electrons. The minimum absolute atomic E-state index is 0.585. The van der Waals surface area contributed by atoms with Crippen LogP contribution in [0.15, 0.2) is 112 Å². The fraction of sp³-hybridized carbons (Fsp3) is 0. The summed E-state index contributed by atoms with van der Waals surface area (Å²) in [7, 11) is -0.585. The maximum atomic E-state index is 10.6. The van der Waals surface area contributed by atoms with Gasteiger partial charge >= 0.3 is 5.97 Å². The lowest BCUT2D eigenvalue weighted by Crippen LogP contribution is -1.87. The van der Waals surface area contributed by atoms with E-state index in [4.69, 9.17) is 5.11 Å². The second kappa shape index (κ2) is 7.59. The van der Waals surface area contributed by atoms with E-state index in [9.17, 15) is 4.79 Å². The third-order valence-corrected chi connectivity index (χ3v) is 7.76. The van der Waals surface area contributed by atoms with Gasteiger partial charge in [0.2, 0.25) is 0 Å². The van der Waals surface area contributed by atoms with Crippen molar-refractivity contribution in [1.29, 1.82) is 0 Å². The fourth-order valence-electron chi connectivity index (χ4n) is 3.88. The van der Waals surface area contributed by atoms with Crippen LogP contribution in [0.1, 0.15) is 5.56 Å². The highest BCUT2D eigenvalue weighted by Gasteiger charge is 2.27. The van der Waals surface area contributed by atoms with Gasteiger partial charge in [-0.1, -0.05) is 66.6 Å². The topological polar surface area (TPSA) is 37.3 Å². The van der Waals surface area contributed by atoms with Crippen LogP contribution in [-0.4, -0.2) is 11.1 Å². The van der Waals surface area contributed by atoms with Crippen molar-refractivity contribution in [3.63, 3.8) is 0 Å². The molecule has 1 N–H and O–H groups in total. The highest BCUT2D eigenvalue weighted by Crippen LogP contribution is 2.62. The van der Waals surface area contributed by atoms with Crippen LogP contribution in [0.5, 0.6) is 0 Å². The molecular formula is C27H18O2S. The van der Waals surface area contributed by atoms with Crippen LogP contribution in [0.4, 0.5) is 0 Å². The molecule has 1 unspecified atom stereocenters. The molecule has 0 bridgehead atoms. The lowest BCUT2D eigenvalue weighted by molar-refractivity contribution is -0.130. The molecule has 4 aromatic carbocycles. The lowest BCUT2D eigenvalue weighted by atomic mass is 10.00. The van der Waals surface area contributed by atoms with E-state index in [1.165, 1.54) is 25.8 Å². The molecule has 1 atom stereocenters. The van der Waals surface area contributed by atoms with Gasteiger partial charge in [-0.2, -0.15) is 10.9 Å². The van der Waals surface area contributed by atoms with Gasteiger partial charge in [-0.25, -0.2) is 4.79 Å². The largest absolute Gasteiger partial charge is 0.472 e. The lowest BCUT2D eigenvalue weighted by Gasteiger charge is -2.19. The second-order valence-electron chi connectivity index (χ2n) is 7.05. The average Bonchev–Trinajstić information content (AvgIpc) is 3.12. The number of benzene rings is 4. The quantitative estimate of drug-likeness (QED) is 0.269. The average molecular weight is 407 g/mol. The van der Waals surface area contributed by atoms with Crippen LogP contribution < -0.4 is 0 Å². The monoisotopic (exact) mass is 406 g/mol. The molecular weight excluding hydrogens is 388 g/mol. The Morgan fingerprint density at radius 3 is 2.13 bits per heavy atom. The molecule has 0 saturated carbocycles. The van der Waals surface area contributed by atoms with E-state index >= 15 is 0 Å². The number of hydrogen-bond donors (Lipinski definition) is 2. The SMILES string of the molecule is O=C(O)C#Cc1ccc(-c2ccc3c(c2)[SH](c2ccccc2)c2ccccc2-3)cc1. The molecule has 0 aliphatic carbocycles. The Morgan fingerprint density at radius 1 is 0.700 bits per heavy atom. The molecule has 0 aromatic heterocycles. The first-order chi connectivity index (χ1) is 14.7. The molecule has 5 rings (SSSR count). The number of fused-ring (bicyclic) bond motifs is 3. The molecule has 1 aliphatic heterocycles. The van der Waals surface area contributed by atoms with Crippen molar-refractivity contribution in [3.8, 4) is 34.1 Å². The van der Waals surface area contributed by atoms with E-state index in [0.29, 0.717) is 5.56 Å². The molecule has 4 aromatic rings. The zero-order valence-electron chi connectivity index (χ0n) is 16.0. The molecule has 2 nitrogen and oxygen atoms in total. The highest BCUT2D eigenvalue weighted by molar-refractivity contribution is 8.17. The smallest absolute Gasteiger partial charge is 0.382 e. The van der Waals surface area contributed by atoms with Gasteiger partial charge in [0.1, 0.15) is 0 Å². The first-order valence-corrected chi connectivity index (χ1v) is 11.0. The summed E-state index contributed by atoms with van der Waals surface area (Å²) in [5, 5.41) is 8.72. The zero-order chi connectivity index (χ0) is 20.5. The van der Waals surface area contributed by atoms with Gasteiger partial charge in [-0.15, -0.1) is 0 Å². The standard InChI is InChI=1S/C27H18O2S/c28-27(29)17-12-19-10-13-20(14-11-19)21-15-16-24-23-8-4-5-9-25(23)30(26(24)18-21)22-6-2-1-3-7-22/h1-11,13-16,18,30H,(H,28,29). The number of carboxylic acids is 1. The van der Waals surface area contributed by atoms with Crippen LogP contribution in [0, 0.1) is 11.8 Å². The van der Waals surface area contributed by atoms with Crippen molar-refractivity contribution in [2.24, 2.45) is 0 Å². The molecule has 0 amide bonds. The van der Waals surface area contributed by atoms with E-state index in [1.54, 1.807) is 0 Å². The first kappa shape index (κ1) is 18.3. The maximum absolute atomic E-state index is 10.6. The zero-order valence-corrected chi connectivity index (χ0v) is 16.9. The molecule has 0 fully saturated rings. The molecule has 0 radical (unpaired) electrons. The van der Waals surface area contributed by atoms with Crippen molar-refractivity contribution in [2.45, 2.75) is 14.7 Å². The van der Waals surface area contributed by atoms with E-state index in [0.717, 1.165) is 11.1 Å². The predicted octanol–water partition coefficient (Wildman–Crippen LogP) is 6.25. The third-order valence-electron chi connectivity index (χ3n) is 5.22. The van der Waals surface area contributed by atoms with Crippen LogP contribution in [-0.2, 0) is 4.79 Å². The number of aliphatic carboxylic acids is 1.